The minimum Gasteiger partial charge on any atom is -0.481 e. The number of rotatable bonds is 4. The molecule has 1 aromatic heterocycles. The van der Waals surface area contributed by atoms with Gasteiger partial charge in [0.15, 0.2) is 9.84 Å². The zero-order chi connectivity index (χ0) is 14.2. The van der Waals surface area contributed by atoms with E-state index < -0.39 is 21.7 Å². The van der Waals surface area contributed by atoms with Gasteiger partial charge in [-0.15, -0.1) is 11.3 Å². The molecule has 2 rings (SSSR count). The Morgan fingerprint density at radius 1 is 1.53 bits per heavy atom. The molecular formula is C12H17NO4S2. The van der Waals surface area contributed by atoms with E-state index in [1.54, 1.807) is 0 Å². The Morgan fingerprint density at radius 2 is 2.21 bits per heavy atom. The number of hydrogen-bond donors (Lipinski definition) is 1. The third kappa shape index (κ3) is 3.33. The molecule has 0 amide bonds. The molecule has 19 heavy (non-hydrogen) atoms. The molecule has 0 spiro atoms. The van der Waals surface area contributed by atoms with E-state index in [0.717, 1.165) is 15.6 Å². The van der Waals surface area contributed by atoms with Crippen molar-refractivity contribution in [2.75, 3.05) is 11.5 Å². The van der Waals surface area contributed by atoms with Gasteiger partial charge < -0.3 is 5.11 Å². The summed E-state index contributed by atoms with van der Waals surface area (Å²) < 4.78 is 22.9. The Kier molecular flexibility index (Phi) is 3.96. The summed E-state index contributed by atoms with van der Waals surface area (Å²) in [5, 5.41) is 10.1. The van der Waals surface area contributed by atoms with Gasteiger partial charge in [0, 0.05) is 11.3 Å². The number of aromatic nitrogens is 1. The zero-order valence-electron chi connectivity index (χ0n) is 10.9. The summed E-state index contributed by atoms with van der Waals surface area (Å²) in [5.74, 6) is -1.76. The summed E-state index contributed by atoms with van der Waals surface area (Å²) in [6.07, 6.45) is 0.775. The Morgan fingerprint density at radius 3 is 2.63 bits per heavy atom. The lowest BCUT2D eigenvalue weighted by Crippen LogP contribution is -2.26. The molecule has 1 fully saturated rings. The standard InChI is InChI=1S/C12H17NO4S2/c1-7-8(2)18-11(13-7)5-10(12(14)15)9-3-4-19(16,17)6-9/h9-10H,3-6H2,1-2H3,(H,14,15). The van der Waals surface area contributed by atoms with Crippen LogP contribution in [0.5, 0.6) is 0 Å². The number of aryl methyl sites for hydroxylation is 2. The van der Waals surface area contributed by atoms with Crippen LogP contribution in [-0.2, 0) is 21.1 Å². The van der Waals surface area contributed by atoms with E-state index in [1.807, 2.05) is 13.8 Å². The van der Waals surface area contributed by atoms with Gasteiger partial charge in [-0.3, -0.25) is 4.79 Å². The van der Waals surface area contributed by atoms with Crippen LogP contribution < -0.4 is 0 Å². The monoisotopic (exact) mass is 303 g/mol. The number of thiazole rings is 1. The fourth-order valence-corrected chi connectivity index (χ4v) is 5.28. The number of carboxylic acid groups (broad SMARTS) is 1. The molecule has 2 atom stereocenters. The van der Waals surface area contributed by atoms with E-state index in [0.29, 0.717) is 12.8 Å². The molecule has 1 aliphatic heterocycles. The Hall–Kier alpha value is -0.950. The highest BCUT2D eigenvalue weighted by Crippen LogP contribution is 2.30. The van der Waals surface area contributed by atoms with Crippen LogP contribution in [0, 0.1) is 25.7 Å². The Labute approximate surface area is 116 Å². The summed E-state index contributed by atoms with van der Waals surface area (Å²) in [6, 6.07) is 0. The van der Waals surface area contributed by atoms with Gasteiger partial charge in [-0.2, -0.15) is 0 Å². The lowest BCUT2D eigenvalue weighted by Gasteiger charge is -2.16. The van der Waals surface area contributed by atoms with Crippen LogP contribution in [0.1, 0.15) is 22.0 Å². The van der Waals surface area contributed by atoms with Crippen molar-refractivity contribution in [2.45, 2.75) is 26.7 Å². The third-order valence-corrected chi connectivity index (χ3v) is 6.51. The maximum Gasteiger partial charge on any atom is 0.307 e. The Balaban J connectivity index is 2.15. The molecule has 0 aromatic carbocycles. The second-order valence-corrected chi connectivity index (χ2v) is 8.58. The molecule has 2 unspecified atom stereocenters. The molecule has 2 heterocycles. The van der Waals surface area contributed by atoms with Gasteiger partial charge in [0.1, 0.15) is 0 Å². The van der Waals surface area contributed by atoms with Crippen molar-refractivity contribution >= 4 is 27.1 Å². The van der Waals surface area contributed by atoms with Crippen LogP contribution in [0.3, 0.4) is 0 Å². The van der Waals surface area contributed by atoms with Crippen LogP contribution >= 0.6 is 11.3 Å². The fraction of sp³-hybridized carbons (Fsp3) is 0.667. The van der Waals surface area contributed by atoms with Gasteiger partial charge in [0.2, 0.25) is 0 Å². The lowest BCUT2D eigenvalue weighted by atomic mass is 9.89. The molecule has 1 aromatic rings. The minimum atomic E-state index is -3.05. The summed E-state index contributed by atoms with van der Waals surface area (Å²) in [5.41, 5.74) is 0.920. The average Bonchev–Trinajstić information content (AvgIpc) is 2.79. The molecule has 0 radical (unpaired) electrons. The van der Waals surface area contributed by atoms with Gasteiger partial charge in [-0.1, -0.05) is 0 Å². The molecule has 0 saturated carbocycles. The third-order valence-electron chi connectivity index (χ3n) is 3.62. The van der Waals surface area contributed by atoms with Crippen molar-refractivity contribution in [3.8, 4) is 0 Å². The number of carbonyl (C=O) groups is 1. The van der Waals surface area contributed by atoms with Crippen LogP contribution in [0.15, 0.2) is 0 Å². The summed E-state index contributed by atoms with van der Waals surface area (Å²) in [4.78, 5) is 16.8. The minimum absolute atomic E-state index is 0.00664. The molecule has 5 nitrogen and oxygen atoms in total. The highest BCUT2D eigenvalue weighted by atomic mass is 32.2. The SMILES string of the molecule is Cc1nc(CC(C(=O)O)C2CCS(=O)(=O)C2)sc1C. The van der Waals surface area contributed by atoms with Crippen molar-refractivity contribution in [3.63, 3.8) is 0 Å². The molecule has 7 heteroatoms. The van der Waals surface area contributed by atoms with E-state index in [9.17, 15) is 18.3 Å². The number of aliphatic carboxylic acids is 1. The largest absolute Gasteiger partial charge is 0.481 e. The molecule has 1 saturated heterocycles. The van der Waals surface area contributed by atoms with E-state index in [2.05, 4.69) is 4.98 Å². The summed E-state index contributed by atoms with van der Waals surface area (Å²) >= 11 is 1.49. The molecule has 1 aliphatic rings. The highest BCUT2D eigenvalue weighted by Gasteiger charge is 2.37. The average molecular weight is 303 g/mol. The normalized spacial score (nSPS) is 23.4. The maximum atomic E-state index is 11.5. The molecule has 0 bridgehead atoms. The molecule has 106 valence electrons. The van der Waals surface area contributed by atoms with Gasteiger partial charge in [0.25, 0.3) is 0 Å². The van der Waals surface area contributed by atoms with Gasteiger partial charge in [-0.25, -0.2) is 13.4 Å². The van der Waals surface area contributed by atoms with Crippen molar-refractivity contribution in [2.24, 2.45) is 11.8 Å². The van der Waals surface area contributed by atoms with Crippen molar-refractivity contribution in [1.82, 2.24) is 4.98 Å². The van der Waals surface area contributed by atoms with Crippen LogP contribution in [0.4, 0.5) is 0 Å². The van der Waals surface area contributed by atoms with Crippen LogP contribution in [0.2, 0.25) is 0 Å². The van der Waals surface area contributed by atoms with Gasteiger partial charge >= 0.3 is 5.97 Å². The predicted molar refractivity (Wildman–Crippen MR) is 73.2 cm³/mol. The second-order valence-electron chi connectivity index (χ2n) is 5.06. The number of nitrogens with zero attached hydrogens (tertiary/aromatic N) is 1. The van der Waals surface area contributed by atoms with Crippen molar-refractivity contribution < 1.29 is 18.3 Å². The van der Waals surface area contributed by atoms with Gasteiger partial charge in [-0.05, 0) is 26.2 Å². The first kappa shape index (κ1) is 14.5. The second kappa shape index (κ2) is 5.20. The molecule has 0 aliphatic carbocycles. The van der Waals surface area contributed by atoms with E-state index >= 15 is 0 Å². The molecule has 1 N–H and O–H groups in total. The van der Waals surface area contributed by atoms with Crippen molar-refractivity contribution in [3.05, 3.63) is 15.6 Å². The van der Waals surface area contributed by atoms with Gasteiger partial charge in [0.05, 0.1) is 28.1 Å². The molecular weight excluding hydrogens is 286 g/mol. The maximum absolute atomic E-state index is 11.5. The number of carboxylic acids is 1. The van der Waals surface area contributed by atoms with E-state index in [-0.39, 0.29) is 17.4 Å². The van der Waals surface area contributed by atoms with Crippen molar-refractivity contribution in [1.29, 1.82) is 0 Å². The fourth-order valence-electron chi connectivity index (χ4n) is 2.41. The predicted octanol–water partition coefficient (Wildman–Crippen LogP) is 1.44. The van der Waals surface area contributed by atoms with Crippen LogP contribution in [0.25, 0.3) is 0 Å². The Bertz CT molecular complexity index is 571. The quantitative estimate of drug-likeness (QED) is 0.909. The number of sulfone groups is 1. The summed E-state index contributed by atoms with van der Waals surface area (Å²) in [6.45, 7) is 3.84. The van der Waals surface area contributed by atoms with E-state index in [1.165, 1.54) is 11.3 Å². The first-order chi connectivity index (χ1) is 8.78. The smallest absolute Gasteiger partial charge is 0.307 e. The van der Waals surface area contributed by atoms with Crippen LogP contribution in [-0.4, -0.2) is 36.0 Å². The van der Waals surface area contributed by atoms with E-state index in [4.69, 9.17) is 0 Å². The highest BCUT2D eigenvalue weighted by molar-refractivity contribution is 7.91. The summed E-state index contributed by atoms with van der Waals surface area (Å²) in [7, 11) is -3.05. The zero-order valence-corrected chi connectivity index (χ0v) is 12.6. The number of hydrogen-bond acceptors (Lipinski definition) is 5. The lowest BCUT2D eigenvalue weighted by molar-refractivity contribution is -0.143. The first-order valence-corrected chi connectivity index (χ1v) is 8.78. The topological polar surface area (TPSA) is 84.3 Å². The first-order valence-electron chi connectivity index (χ1n) is 6.14.